The molecule has 0 bridgehead atoms. The molecule has 1 N–H and O–H groups in total. The van der Waals surface area contributed by atoms with Gasteiger partial charge in [0.2, 0.25) is 10.0 Å². The number of carbonyl (C=O) groups excluding carboxylic acids is 1. The summed E-state index contributed by atoms with van der Waals surface area (Å²) in [4.78, 5) is 18.7. The van der Waals surface area contributed by atoms with Gasteiger partial charge in [-0.3, -0.25) is 9.78 Å². The molecule has 4 rings (SSSR count). The number of aliphatic hydroxyl groups excluding tert-OH is 1. The second-order valence-corrected chi connectivity index (χ2v) is 11.3. The first kappa shape index (κ1) is 25.3. The molecule has 188 valence electrons. The Labute approximate surface area is 207 Å². The maximum atomic E-state index is 13.6. The van der Waals surface area contributed by atoms with Crippen molar-refractivity contribution in [2.24, 2.45) is 5.92 Å². The molecule has 1 aromatic heterocycles. The van der Waals surface area contributed by atoms with Gasteiger partial charge in [-0.15, -0.1) is 0 Å². The fourth-order valence-corrected chi connectivity index (χ4v) is 6.44. The maximum Gasteiger partial charge on any atom is 0.272 e. The number of benzene rings is 1. The third-order valence-electron chi connectivity index (χ3n) is 6.76. The number of rotatable bonds is 6. The average Bonchev–Trinajstić information content (AvgIpc) is 3.40. The molecule has 0 fully saturated rings. The minimum atomic E-state index is -3.90. The number of allylic oxidation sites excluding steroid dienone is 2. The number of hydrogen-bond acceptors (Lipinski definition) is 6. The van der Waals surface area contributed by atoms with Gasteiger partial charge in [0, 0.05) is 31.7 Å². The zero-order valence-corrected chi connectivity index (χ0v) is 21.2. The summed E-state index contributed by atoms with van der Waals surface area (Å²) in [5, 5.41) is 9.81. The molecular formula is C26H33N3O5S. The van der Waals surface area contributed by atoms with Crippen molar-refractivity contribution < 1.29 is 23.1 Å². The van der Waals surface area contributed by atoms with E-state index in [2.05, 4.69) is 11.1 Å². The average molecular weight is 500 g/mol. The normalized spacial score (nSPS) is 22.8. The summed E-state index contributed by atoms with van der Waals surface area (Å²) >= 11 is 0. The molecule has 0 unspecified atom stereocenters. The predicted octanol–water partition coefficient (Wildman–Crippen LogP) is 3.19. The number of likely N-dealkylation sites (N-methyl/N-ethyl adjacent to an activating group) is 1. The number of sulfonamides is 1. The fraction of sp³-hybridized carbons (Fsp3) is 0.462. The summed E-state index contributed by atoms with van der Waals surface area (Å²) < 4.78 is 35.0. The van der Waals surface area contributed by atoms with E-state index >= 15 is 0 Å². The van der Waals surface area contributed by atoms with Crippen LogP contribution in [0.2, 0.25) is 0 Å². The van der Waals surface area contributed by atoms with E-state index in [1.54, 1.807) is 55.4 Å². The van der Waals surface area contributed by atoms with E-state index in [9.17, 15) is 18.3 Å². The van der Waals surface area contributed by atoms with Crippen molar-refractivity contribution in [3.8, 4) is 5.75 Å². The zero-order chi connectivity index (χ0) is 25.2. The lowest BCUT2D eigenvalue weighted by Gasteiger charge is -2.37. The van der Waals surface area contributed by atoms with Gasteiger partial charge in [-0.2, -0.15) is 4.31 Å². The van der Waals surface area contributed by atoms with Crippen LogP contribution < -0.4 is 4.74 Å². The zero-order valence-electron chi connectivity index (χ0n) is 20.4. The van der Waals surface area contributed by atoms with Crippen LogP contribution in [0, 0.1) is 5.92 Å². The molecule has 9 heteroatoms. The molecular weight excluding hydrogens is 466 g/mol. The Bertz CT molecular complexity index is 1200. The third kappa shape index (κ3) is 5.27. The molecule has 1 aromatic carbocycles. The van der Waals surface area contributed by atoms with Crippen LogP contribution in [0.25, 0.3) is 5.57 Å². The highest BCUT2D eigenvalue weighted by Gasteiger charge is 2.38. The lowest BCUT2D eigenvalue weighted by atomic mass is 10.0. The molecule has 8 nitrogen and oxygen atoms in total. The number of ether oxygens (including phenoxy) is 1. The van der Waals surface area contributed by atoms with Gasteiger partial charge in [-0.05, 0) is 61.6 Å². The van der Waals surface area contributed by atoms with Crippen molar-refractivity contribution in [2.75, 3.05) is 26.7 Å². The molecule has 35 heavy (non-hydrogen) atoms. The maximum absolute atomic E-state index is 13.6. The second-order valence-electron chi connectivity index (χ2n) is 9.42. The van der Waals surface area contributed by atoms with Crippen molar-refractivity contribution >= 4 is 21.5 Å². The Kier molecular flexibility index (Phi) is 7.59. The van der Waals surface area contributed by atoms with E-state index in [4.69, 9.17) is 4.74 Å². The number of amides is 1. The summed E-state index contributed by atoms with van der Waals surface area (Å²) in [6.45, 7) is 3.72. The molecule has 2 aromatic rings. The van der Waals surface area contributed by atoms with Crippen LogP contribution in [0.1, 0.15) is 49.2 Å². The molecule has 1 aliphatic carbocycles. The number of nitrogens with zero attached hydrogens (tertiary/aromatic N) is 3. The van der Waals surface area contributed by atoms with Crippen LogP contribution in [0.5, 0.6) is 5.75 Å². The van der Waals surface area contributed by atoms with E-state index in [0.29, 0.717) is 5.69 Å². The number of carbonyl (C=O) groups is 1. The number of fused-ring (bicyclic) bond motifs is 1. The van der Waals surface area contributed by atoms with E-state index in [0.717, 1.165) is 24.8 Å². The summed E-state index contributed by atoms with van der Waals surface area (Å²) in [7, 11) is -2.21. The molecule has 2 aliphatic rings. The molecule has 1 amide bonds. The number of aromatic nitrogens is 1. The summed E-state index contributed by atoms with van der Waals surface area (Å²) in [5.74, 6) is -0.206. The topological polar surface area (TPSA) is 100 Å². The second kappa shape index (κ2) is 10.5. The van der Waals surface area contributed by atoms with Crippen LogP contribution in [0.3, 0.4) is 0 Å². The largest absolute Gasteiger partial charge is 0.487 e. The molecule has 0 radical (unpaired) electrons. The lowest BCUT2D eigenvalue weighted by Crippen LogP contribution is -2.50. The van der Waals surface area contributed by atoms with Crippen LogP contribution >= 0.6 is 0 Å². The van der Waals surface area contributed by atoms with E-state index < -0.39 is 22.2 Å². The van der Waals surface area contributed by atoms with E-state index in [-0.39, 0.29) is 42.2 Å². The highest BCUT2D eigenvalue weighted by molar-refractivity contribution is 7.89. The first-order chi connectivity index (χ1) is 16.7. The first-order valence-corrected chi connectivity index (χ1v) is 13.5. The highest BCUT2D eigenvalue weighted by Crippen LogP contribution is 2.37. The predicted molar refractivity (Wildman–Crippen MR) is 133 cm³/mol. The van der Waals surface area contributed by atoms with Gasteiger partial charge in [-0.25, -0.2) is 8.42 Å². The van der Waals surface area contributed by atoms with Gasteiger partial charge in [-0.1, -0.05) is 25.1 Å². The quantitative estimate of drug-likeness (QED) is 0.655. The van der Waals surface area contributed by atoms with E-state index in [1.807, 2.05) is 13.0 Å². The summed E-state index contributed by atoms with van der Waals surface area (Å²) in [5.41, 5.74) is 2.47. The van der Waals surface area contributed by atoms with Gasteiger partial charge < -0.3 is 14.7 Å². The van der Waals surface area contributed by atoms with Crippen molar-refractivity contribution in [1.29, 1.82) is 0 Å². The van der Waals surface area contributed by atoms with Crippen LogP contribution in [-0.2, 0) is 10.0 Å². The first-order valence-electron chi connectivity index (χ1n) is 12.0. The van der Waals surface area contributed by atoms with Crippen molar-refractivity contribution in [2.45, 2.75) is 50.2 Å². The molecule has 0 saturated heterocycles. The molecule has 3 atom stereocenters. The Hall–Kier alpha value is -2.75. The van der Waals surface area contributed by atoms with Gasteiger partial charge in [0.15, 0.2) is 0 Å². The van der Waals surface area contributed by atoms with Crippen LogP contribution in [0.15, 0.2) is 53.6 Å². The summed E-state index contributed by atoms with van der Waals surface area (Å²) in [6.07, 6.45) is 6.31. The number of hydrogen-bond donors (Lipinski definition) is 1. The van der Waals surface area contributed by atoms with Gasteiger partial charge >= 0.3 is 0 Å². The minimum Gasteiger partial charge on any atom is -0.487 e. The standard InChI is InChI=1S/C26H33N3O5S/c1-18-15-29(19(2)17-30)35(32,33)25-12-11-21(20-8-4-5-9-20)14-23(25)34-24(18)16-28(3)26(31)22-10-6-7-13-27-22/h6-8,10-14,18-19,24,30H,4-5,9,15-17H2,1-3H3/t18-,19+,24+/m0/s1. The fourth-order valence-electron chi connectivity index (χ4n) is 4.61. The van der Waals surface area contributed by atoms with E-state index in [1.165, 1.54) is 9.88 Å². The lowest BCUT2D eigenvalue weighted by molar-refractivity contribution is 0.0559. The van der Waals surface area contributed by atoms with Crippen LogP contribution in [0.4, 0.5) is 0 Å². The van der Waals surface area contributed by atoms with Gasteiger partial charge in [0.25, 0.3) is 5.91 Å². The van der Waals surface area contributed by atoms with Crippen molar-refractivity contribution in [3.63, 3.8) is 0 Å². The number of pyridine rings is 1. The minimum absolute atomic E-state index is 0.0794. The van der Waals surface area contributed by atoms with Crippen LogP contribution in [-0.4, -0.2) is 72.5 Å². The number of aliphatic hydroxyl groups is 1. The molecule has 1 aliphatic heterocycles. The SMILES string of the molecule is C[C@H](CO)N1C[C@H](C)[C@@H](CN(C)C(=O)c2ccccn2)Oc2cc(C3=CCCC3)ccc2S1(=O)=O. The summed E-state index contributed by atoms with van der Waals surface area (Å²) in [6, 6.07) is 9.81. The highest BCUT2D eigenvalue weighted by atomic mass is 32.2. The third-order valence-corrected chi connectivity index (χ3v) is 8.78. The molecule has 2 heterocycles. The van der Waals surface area contributed by atoms with Crippen molar-refractivity contribution in [3.05, 3.63) is 59.9 Å². The Morgan fingerprint density at radius 3 is 2.77 bits per heavy atom. The van der Waals surface area contributed by atoms with Crippen molar-refractivity contribution in [1.82, 2.24) is 14.2 Å². The Balaban J connectivity index is 1.72. The molecule has 0 spiro atoms. The van der Waals surface area contributed by atoms with Gasteiger partial charge in [0.1, 0.15) is 22.4 Å². The Morgan fingerprint density at radius 2 is 2.11 bits per heavy atom. The smallest absolute Gasteiger partial charge is 0.272 e. The van der Waals surface area contributed by atoms with Gasteiger partial charge in [0.05, 0.1) is 13.2 Å². The Morgan fingerprint density at radius 1 is 1.31 bits per heavy atom. The monoisotopic (exact) mass is 499 g/mol. The molecule has 0 saturated carbocycles.